The van der Waals surface area contributed by atoms with E-state index < -0.39 is 0 Å². The van der Waals surface area contributed by atoms with Gasteiger partial charge in [-0.05, 0) is 30.5 Å². The van der Waals surface area contributed by atoms with Crippen molar-refractivity contribution in [2.75, 3.05) is 13.2 Å². The van der Waals surface area contributed by atoms with E-state index in [2.05, 4.69) is 0 Å². The van der Waals surface area contributed by atoms with Crippen molar-refractivity contribution in [1.82, 2.24) is 0 Å². The molecule has 0 saturated carbocycles. The van der Waals surface area contributed by atoms with Gasteiger partial charge in [0.25, 0.3) is 0 Å². The summed E-state index contributed by atoms with van der Waals surface area (Å²) >= 11 is 0. The Bertz CT molecular complexity index is 405. The van der Waals surface area contributed by atoms with Gasteiger partial charge < -0.3 is 9.47 Å². The Balaban J connectivity index is 2.13. The van der Waals surface area contributed by atoms with Crippen LogP contribution in [0.1, 0.15) is 30.6 Å². The van der Waals surface area contributed by atoms with Gasteiger partial charge in [0.15, 0.2) is 0 Å². The fraction of sp³-hybridized carbons (Fsp3) is 0.538. The third kappa shape index (κ3) is 3.08. The van der Waals surface area contributed by atoms with Crippen molar-refractivity contribution in [2.24, 2.45) is 0 Å². The quantitative estimate of drug-likeness (QED) is 0.572. The third-order valence-corrected chi connectivity index (χ3v) is 2.97. The number of aryl methyl sites for hydroxylation is 1. The van der Waals surface area contributed by atoms with Crippen LogP contribution in [0.15, 0.2) is 12.1 Å². The van der Waals surface area contributed by atoms with Crippen LogP contribution in [0.5, 0.6) is 0 Å². The SMILES string of the molecule is [B]c1cc(C)c(F)cc1[C@@H](CC)OC[C@H]1CO1. The first-order chi connectivity index (χ1) is 8.11. The summed E-state index contributed by atoms with van der Waals surface area (Å²) in [5.41, 5.74) is 1.88. The van der Waals surface area contributed by atoms with Crippen LogP contribution in [0.2, 0.25) is 0 Å². The fourth-order valence-electron chi connectivity index (χ4n) is 1.81. The van der Waals surface area contributed by atoms with Gasteiger partial charge in [-0.2, -0.15) is 0 Å². The normalized spacial score (nSPS) is 20.3. The molecule has 2 radical (unpaired) electrons. The molecule has 0 unspecified atom stereocenters. The highest BCUT2D eigenvalue weighted by molar-refractivity contribution is 6.33. The van der Waals surface area contributed by atoms with E-state index in [0.29, 0.717) is 17.6 Å². The van der Waals surface area contributed by atoms with E-state index in [0.717, 1.165) is 18.6 Å². The van der Waals surface area contributed by atoms with Crippen LogP contribution in [-0.4, -0.2) is 27.2 Å². The summed E-state index contributed by atoms with van der Waals surface area (Å²) < 4.78 is 24.3. The van der Waals surface area contributed by atoms with Gasteiger partial charge >= 0.3 is 0 Å². The van der Waals surface area contributed by atoms with E-state index in [1.807, 2.05) is 6.92 Å². The van der Waals surface area contributed by atoms with Crippen molar-refractivity contribution in [3.63, 3.8) is 0 Å². The minimum Gasteiger partial charge on any atom is -0.371 e. The molecule has 0 bridgehead atoms. The maximum Gasteiger partial charge on any atom is 0.126 e. The summed E-state index contributed by atoms with van der Waals surface area (Å²) in [6.07, 6.45) is 0.814. The average molecular weight is 234 g/mol. The number of ether oxygens (including phenoxy) is 2. The Kier molecular flexibility index (Phi) is 3.84. The lowest BCUT2D eigenvalue weighted by atomic mass is 9.86. The van der Waals surface area contributed by atoms with E-state index in [-0.39, 0.29) is 18.0 Å². The van der Waals surface area contributed by atoms with Gasteiger partial charge in [-0.15, -0.1) is 0 Å². The van der Waals surface area contributed by atoms with Crippen molar-refractivity contribution < 1.29 is 13.9 Å². The Morgan fingerprint density at radius 3 is 2.88 bits per heavy atom. The van der Waals surface area contributed by atoms with Crippen LogP contribution < -0.4 is 5.46 Å². The van der Waals surface area contributed by atoms with Gasteiger partial charge in [0.2, 0.25) is 0 Å². The predicted molar refractivity (Wildman–Crippen MR) is 65.2 cm³/mol. The monoisotopic (exact) mass is 234 g/mol. The molecule has 1 heterocycles. The zero-order chi connectivity index (χ0) is 12.4. The molecule has 1 saturated heterocycles. The molecule has 1 aliphatic rings. The van der Waals surface area contributed by atoms with E-state index in [9.17, 15) is 4.39 Å². The molecule has 1 aromatic rings. The van der Waals surface area contributed by atoms with E-state index in [1.165, 1.54) is 6.07 Å². The van der Waals surface area contributed by atoms with Crippen molar-refractivity contribution in [3.05, 3.63) is 29.1 Å². The first-order valence-corrected chi connectivity index (χ1v) is 5.90. The Hall–Kier alpha value is -0.865. The molecule has 0 spiro atoms. The minimum atomic E-state index is -0.237. The van der Waals surface area contributed by atoms with Crippen LogP contribution in [0, 0.1) is 12.7 Å². The molecule has 0 N–H and O–H groups in total. The van der Waals surface area contributed by atoms with Gasteiger partial charge in [-0.25, -0.2) is 4.39 Å². The van der Waals surface area contributed by atoms with Crippen LogP contribution in [-0.2, 0) is 9.47 Å². The van der Waals surface area contributed by atoms with Crippen molar-refractivity contribution in [1.29, 1.82) is 0 Å². The molecule has 2 nitrogen and oxygen atoms in total. The molecule has 4 heteroatoms. The lowest BCUT2D eigenvalue weighted by Gasteiger charge is -2.19. The molecule has 1 aromatic carbocycles. The van der Waals surface area contributed by atoms with Gasteiger partial charge in [-0.1, -0.05) is 18.5 Å². The number of epoxide rings is 1. The minimum absolute atomic E-state index is 0.158. The summed E-state index contributed by atoms with van der Waals surface area (Å²) in [6, 6.07) is 3.14. The number of halogens is 1. The maximum atomic E-state index is 13.5. The second kappa shape index (κ2) is 5.19. The molecule has 0 amide bonds. The highest BCUT2D eigenvalue weighted by Gasteiger charge is 2.25. The molecule has 0 aliphatic carbocycles. The predicted octanol–water partition coefficient (Wildman–Crippen LogP) is 1.79. The highest BCUT2D eigenvalue weighted by Crippen LogP contribution is 2.23. The fourth-order valence-corrected chi connectivity index (χ4v) is 1.81. The molecule has 17 heavy (non-hydrogen) atoms. The number of hydrogen-bond acceptors (Lipinski definition) is 2. The molecule has 1 fully saturated rings. The summed E-state index contributed by atoms with van der Waals surface area (Å²) in [4.78, 5) is 0. The van der Waals surface area contributed by atoms with Gasteiger partial charge in [0, 0.05) is 0 Å². The van der Waals surface area contributed by atoms with E-state index >= 15 is 0 Å². The molecular weight excluding hydrogens is 218 g/mol. The Morgan fingerprint density at radius 2 is 2.29 bits per heavy atom. The first kappa shape index (κ1) is 12.6. The highest BCUT2D eigenvalue weighted by atomic mass is 19.1. The maximum absolute atomic E-state index is 13.5. The molecule has 2 atom stereocenters. The molecule has 2 rings (SSSR count). The third-order valence-electron chi connectivity index (χ3n) is 2.97. The van der Waals surface area contributed by atoms with Gasteiger partial charge in [-0.3, -0.25) is 0 Å². The molecule has 0 aromatic heterocycles. The van der Waals surface area contributed by atoms with Gasteiger partial charge in [0.05, 0.1) is 19.3 Å². The zero-order valence-electron chi connectivity index (χ0n) is 10.2. The second-order valence-electron chi connectivity index (χ2n) is 4.42. The van der Waals surface area contributed by atoms with E-state index in [1.54, 1.807) is 13.0 Å². The number of benzene rings is 1. The molecular formula is C13H16BFO2. The number of hydrogen-bond donors (Lipinski definition) is 0. The van der Waals surface area contributed by atoms with E-state index in [4.69, 9.17) is 17.3 Å². The summed E-state index contributed by atoms with van der Waals surface area (Å²) in [6.45, 7) is 5.01. The Morgan fingerprint density at radius 1 is 1.59 bits per heavy atom. The number of rotatable bonds is 5. The second-order valence-corrected chi connectivity index (χ2v) is 4.42. The standard InChI is InChI=1S/C13H16BFO2/c1-3-13(17-7-9-6-16-9)10-5-12(15)8(2)4-11(10)14/h4-5,9,13H,3,6-7H2,1-2H3/t9-,13-/m1/s1. The lowest BCUT2D eigenvalue weighted by Crippen LogP contribution is -2.19. The molecule has 1 aliphatic heterocycles. The smallest absolute Gasteiger partial charge is 0.126 e. The van der Waals surface area contributed by atoms with Crippen molar-refractivity contribution >= 4 is 13.3 Å². The van der Waals surface area contributed by atoms with Gasteiger partial charge in [0.1, 0.15) is 19.8 Å². The van der Waals surface area contributed by atoms with Crippen LogP contribution in [0.25, 0.3) is 0 Å². The van der Waals surface area contributed by atoms with Crippen molar-refractivity contribution in [3.8, 4) is 0 Å². The van der Waals surface area contributed by atoms with Crippen molar-refractivity contribution in [2.45, 2.75) is 32.5 Å². The topological polar surface area (TPSA) is 21.8 Å². The summed E-state index contributed by atoms with van der Waals surface area (Å²) in [5.74, 6) is -0.237. The average Bonchev–Trinajstić information content (AvgIpc) is 3.09. The summed E-state index contributed by atoms with van der Waals surface area (Å²) in [5, 5.41) is 0. The lowest BCUT2D eigenvalue weighted by molar-refractivity contribution is 0.0399. The van der Waals surface area contributed by atoms with Crippen LogP contribution >= 0.6 is 0 Å². The summed E-state index contributed by atoms with van der Waals surface area (Å²) in [7, 11) is 5.91. The van der Waals surface area contributed by atoms with Crippen LogP contribution in [0.4, 0.5) is 4.39 Å². The van der Waals surface area contributed by atoms with Crippen LogP contribution in [0.3, 0.4) is 0 Å². The Labute approximate surface area is 103 Å². The zero-order valence-corrected chi connectivity index (χ0v) is 10.2. The largest absolute Gasteiger partial charge is 0.371 e. The first-order valence-electron chi connectivity index (χ1n) is 5.90. The molecule has 90 valence electrons.